The molecule has 0 bridgehead atoms. The number of aromatic amines is 1. The molecule has 1 aliphatic heterocycles. The normalized spacial score (nSPS) is 14.0. The quantitative estimate of drug-likeness (QED) is 0.724. The Morgan fingerprint density at radius 2 is 2.21 bits per heavy atom. The molecule has 0 radical (unpaired) electrons. The minimum absolute atomic E-state index is 0.928. The van der Waals surface area contributed by atoms with Crippen molar-refractivity contribution >= 4 is 10.9 Å². The number of unbranched alkanes of at least 4 members (excludes halogenated alkanes) is 2. The van der Waals surface area contributed by atoms with Gasteiger partial charge in [-0.25, -0.2) is 0 Å². The minimum atomic E-state index is 0.928. The van der Waals surface area contributed by atoms with E-state index in [2.05, 4.69) is 33.9 Å². The molecule has 0 saturated carbocycles. The summed E-state index contributed by atoms with van der Waals surface area (Å²) < 4.78 is 5.37. The van der Waals surface area contributed by atoms with Crippen LogP contribution in [-0.4, -0.2) is 37.1 Å². The standard InChI is InChI=1S/C20H29N3O/c1-15(7-5-4-6-11-21-2)23-12-10-17-18-13-16(24-3)8-9-19(18)22-20(17)14-23/h8-9,13,21-22H,1,4-7,10-12,14H2,2-3H3. The van der Waals surface area contributed by atoms with Gasteiger partial charge in [0.2, 0.25) is 0 Å². The molecule has 24 heavy (non-hydrogen) atoms. The molecule has 1 aliphatic rings. The van der Waals surface area contributed by atoms with Crippen molar-refractivity contribution in [2.45, 2.75) is 38.6 Å². The van der Waals surface area contributed by atoms with Crippen molar-refractivity contribution in [3.05, 3.63) is 41.7 Å². The van der Waals surface area contributed by atoms with Gasteiger partial charge in [-0.15, -0.1) is 0 Å². The van der Waals surface area contributed by atoms with Crippen molar-refractivity contribution in [3.8, 4) is 5.75 Å². The van der Waals surface area contributed by atoms with Crippen LogP contribution in [0.2, 0.25) is 0 Å². The van der Waals surface area contributed by atoms with E-state index in [9.17, 15) is 0 Å². The zero-order chi connectivity index (χ0) is 16.9. The summed E-state index contributed by atoms with van der Waals surface area (Å²) in [4.78, 5) is 6.03. The summed E-state index contributed by atoms with van der Waals surface area (Å²) in [5.74, 6) is 0.928. The number of nitrogens with one attached hydrogen (secondary N) is 2. The monoisotopic (exact) mass is 327 g/mol. The van der Waals surface area contributed by atoms with E-state index in [-0.39, 0.29) is 0 Å². The highest BCUT2D eigenvalue weighted by molar-refractivity contribution is 5.86. The highest BCUT2D eigenvalue weighted by atomic mass is 16.5. The van der Waals surface area contributed by atoms with Crippen LogP contribution in [0.1, 0.15) is 36.9 Å². The molecule has 0 fully saturated rings. The lowest BCUT2D eigenvalue weighted by Crippen LogP contribution is -2.29. The number of nitrogens with zero attached hydrogens (tertiary/aromatic N) is 1. The Balaban J connectivity index is 1.63. The molecule has 4 nitrogen and oxygen atoms in total. The molecule has 2 N–H and O–H groups in total. The molecular formula is C20H29N3O. The van der Waals surface area contributed by atoms with Gasteiger partial charge in [0, 0.05) is 28.8 Å². The van der Waals surface area contributed by atoms with Gasteiger partial charge in [0.25, 0.3) is 0 Å². The lowest BCUT2D eigenvalue weighted by Gasteiger charge is -2.30. The van der Waals surface area contributed by atoms with Gasteiger partial charge < -0.3 is 19.9 Å². The van der Waals surface area contributed by atoms with E-state index >= 15 is 0 Å². The molecule has 1 aromatic carbocycles. The lowest BCUT2D eigenvalue weighted by atomic mass is 10.0. The Kier molecular flexibility index (Phi) is 5.46. The summed E-state index contributed by atoms with van der Waals surface area (Å²) in [5, 5.41) is 4.51. The number of allylic oxidation sites excluding steroid dienone is 1. The molecule has 0 atom stereocenters. The van der Waals surface area contributed by atoms with Gasteiger partial charge in [0.15, 0.2) is 0 Å². The third-order valence-electron chi connectivity index (χ3n) is 5.02. The molecule has 0 unspecified atom stereocenters. The molecule has 2 aromatic rings. The molecule has 1 aromatic heterocycles. The van der Waals surface area contributed by atoms with Gasteiger partial charge in [-0.2, -0.15) is 0 Å². The van der Waals surface area contributed by atoms with E-state index in [1.54, 1.807) is 7.11 Å². The average Bonchev–Trinajstić information content (AvgIpc) is 2.98. The fraction of sp³-hybridized carbons (Fsp3) is 0.500. The SMILES string of the molecule is C=C(CCCCCNC)N1CCc2c([nH]c3ccc(OC)cc23)C1. The second-order valence-electron chi connectivity index (χ2n) is 6.65. The van der Waals surface area contributed by atoms with Crippen LogP contribution in [0.4, 0.5) is 0 Å². The lowest BCUT2D eigenvalue weighted by molar-refractivity contribution is 0.307. The predicted molar refractivity (Wildman–Crippen MR) is 100 cm³/mol. The smallest absolute Gasteiger partial charge is 0.119 e. The number of hydrogen-bond acceptors (Lipinski definition) is 3. The van der Waals surface area contributed by atoms with Gasteiger partial charge in [0.05, 0.1) is 13.7 Å². The summed E-state index contributed by atoms with van der Waals surface area (Å²) in [6, 6.07) is 6.29. The maximum Gasteiger partial charge on any atom is 0.119 e. The van der Waals surface area contributed by atoms with Crippen LogP contribution in [0.15, 0.2) is 30.5 Å². The summed E-state index contributed by atoms with van der Waals surface area (Å²) in [6.07, 6.45) is 5.92. The van der Waals surface area contributed by atoms with Gasteiger partial charge in [-0.05, 0) is 63.0 Å². The minimum Gasteiger partial charge on any atom is -0.497 e. The maximum atomic E-state index is 5.37. The summed E-state index contributed by atoms with van der Waals surface area (Å²) in [6.45, 7) is 7.44. The van der Waals surface area contributed by atoms with Crippen LogP contribution in [0.5, 0.6) is 5.75 Å². The Bertz CT molecular complexity index is 704. The van der Waals surface area contributed by atoms with Crippen LogP contribution in [0, 0.1) is 0 Å². The first kappa shape index (κ1) is 16.9. The number of H-pyrrole nitrogens is 1. The first-order valence-corrected chi connectivity index (χ1v) is 8.97. The molecule has 0 amide bonds. The van der Waals surface area contributed by atoms with Gasteiger partial charge in [-0.1, -0.05) is 13.0 Å². The number of rotatable bonds is 8. The van der Waals surface area contributed by atoms with Crippen molar-refractivity contribution in [3.63, 3.8) is 0 Å². The van der Waals surface area contributed by atoms with Crippen molar-refractivity contribution in [1.29, 1.82) is 0 Å². The van der Waals surface area contributed by atoms with Crippen molar-refractivity contribution in [2.75, 3.05) is 27.2 Å². The topological polar surface area (TPSA) is 40.3 Å². The third kappa shape index (κ3) is 3.59. The molecule has 4 heteroatoms. The number of benzene rings is 1. The van der Waals surface area contributed by atoms with E-state index in [4.69, 9.17) is 4.74 Å². The number of hydrogen-bond donors (Lipinski definition) is 2. The zero-order valence-electron chi connectivity index (χ0n) is 15.0. The molecule has 0 aliphatic carbocycles. The predicted octanol–water partition coefficient (Wildman–Crippen LogP) is 3.83. The van der Waals surface area contributed by atoms with Crippen molar-refractivity contribution < 1.29 is 4.74 Å². The number of aromatic nitrogens is 1. The van der Waals surface area contributed by atoms with Crippen LogP contribution >= 0.6 is 0 Å². The van der Waals surface area contributed by atoms with E-state index in [0.717, 1.165) is 38.2 Å². The Morgan fingerprint density at radius 1 is 1.33 bits per heavy atom. The van der Waals surface area contributed by atoms with Gasteiger partial charge in [0.1, 0.15) is 5.75 Å². The summed E-state index contributed by atoms with van der Waals surface area (Å²) >= 11 is 0. The largest absolute Gasteiger partial charge is 0.497 e. The average molecular weight is 327 g/mol. The van der Waals surface area contributed by atoms with Crippen LogP contribution in [0.25, 0.3) is 10.9 Å². The van der Waals surface area contributed by atoms with Gasteiger partial charge >= 0.3 is 0 Å². The molecule has 3 rings (SSSR count). The van der Waals surface area contributed by atoms with Crippen LogP contribution in [0.3, 0.4) is 0 Å². The zero-order valence-corrected chi connectivity index (χ0v) is 15.0. The highest BCUT2D eigenvalue weighted by Crippen LogP contribution is 2.31. The van der Waals surface area contributed by atoms with Crippen LogP contribution in [-0.2, 0) is 13.0 Å². The summed E-state index contributed by atoms with van der Waals surface area (Å²) in [5.41, 5.74) is 5.27. The van der Waals surface area contributed by atoms with E-state index in [1.165, 1.54) is 47.1 Å². The fourth-order valence-corrected chi connectivity index (χ4v) is 3.58. The highest BCUT2D eigenvalue weighted by Gasteiger charge is 2.21. The van der Waals surface area contributed by atoms with E-state index in [0.29, 0.717) is 0 Å². The Labute approximate surface area is 144 Å². The molecular weight excluding hydrogens is 298 g/mol. The van der Waals surface area contributed by atoms with Gasteiger partial charge in [-0.3, -0.25) is 0 Å². The molecule has 2 heterocycles. The number of ether oxygens (including phenoxy) is 1. The van der Waals surface area contributed by atoms with Crippen molar-refractivity contribution in [2.24, 2.45) is 0 Å². The first-order valence-electron chi connectivity index (χ1n) is 8.97. The Hall–Kier alpha value is -1.94. The first-order chi connectivity index (χ1) is 11.7. The fourth-order valence-electron chi connectivity index (χ4n) is 3.58. The number of methoxy groups -OCH3 is 1. The summed E-state index contributed by atoms with van der Waals surface area (Å²) in [7, 11) is 3.74. The van der Waals surface area contributed by atoms with E-state index in [1.807, 2.05) is 13.1 Å². The second-order valence-corrected chi connectivity index (χ2v) is 6.65. The maximum absolute atomic E-state index is 5.37. The Morgan fingerprint density at radius 3 is 3.00 bits per heavy atom. The molecule has 0 saturated heterocycles. The third-order valence-corrected chi connectivity index (χ3v) is 5.02. The second kappa shape index (κ2) is 7.75. The van der Waals surface area contributed by atoms with Crippen molar-refractivity contribution in [1.82, 2.24) is 15.2 Å². The van der Waals surface area contributed by atoms with Crippen LogP contribution < -0.4 is 10.1 Å². The molecule has 130 valence electrons. The van der Waals surface area contributed by atoms with E-state index < -0.39 is 0 Å². The number of fused-ring (bicyclic) bond motifs is 3. The molecule has 0 spiro atoms.